The summed E-state index contributed by atoms with van der Waals surface area (Å²) in [5, 5.41) is 12.3. The van der Waals surface area contributed by atoms with Crippen LogP contribution in [0.3, 0.4) is 0 Å². The van der Waals surface area contributed by atoms with E-state index in [2.05, 4.69) is 10.2 Å². The molecule has 0 saturated carbocycles. The number of carboxylic acids is 1. The molecule has 0 bridgehead atoms. The second-order valence-electron chi connectivity index (χ2n) is 3.74. The molecule has 2 N–H and O–H groups in total. The Bertz CT molecular complexity index is 191. The van der Waals surface area contributed by atoms with Crippen molar-refractivity contribution in [2.24, 2.45) is 0 Å². The van der Waals surface area contributed by atoms with Crippen LogP contribution >= 0.6 is 0 Å². The van der Waals surface area contributed by atoms with E-state index in [1.807, 2.05) is 13.8 Å². The van der Waals surface area contributed by atoms with Crippen molar-refractivity contribution < 1.29 is 9.90 Å². The molecule has 4 heteroatoms. The highest BCUT2D eigenvalue weighted by molar-refractivity contribution is 5.73. The molecule has 0 amide bonds. The van der Waals surface area contributed by atoms with E-state index < -0.39 is 5.97 Å². The van der Waals surface area contributed by atoms with Crippen LogP contribution in [0.5, 0.6) is 0 Å². The molecule has 0 aromatic rings. The summed E-state index contributed by atoms with van der Waals surface area (Å²) in [4.78, 5) is 13.1. The predicted octanol–water partition coefficient (Wildman–Crippen LogP) is 0.533. The van der Waals surface area contributed by atoms with E-state index in [0.717, 1.165) is 26.1 Å². The van der Waals surface area contributed by atoms with E-state index in [-0.39, 0.29) is 6.04 Å². The third-order valence-corrected chi connectivity index (χ3v) is 2.94. The van der Waals surface area contributed by atoms with Crippen LogP contribution in [0.4, 0.5) is 0 Å². The number of nitrogens with one attached hydrogen (secondary N) is 1. The van der Waals surface area contributed by atoms with E-state index in [1.54, 1.807) is 0 Å². The van der Waals surface area contributed by atoms with Gasteiger partial charge >= 0.3 is 5.97 Å². The van der Waals surface area contributed by atoms with Gasteiger partial charge in [-0.25, -0.2) is 0 Å². The van der Waals surface area contributed by atoms with E-state index in [4.69, 9.17) is 5.11 Å². The van der Waals surface area contributed by atoms with Crippen LogP contribution in [-0.2, 0) is 4.79 Å². The van der Waals surface area contributed by atoms with Gasteiger partial charge in [-0.1, -0.05) is 13.8 Å². The number of hydrogen-bond donors (Lipinski definition) is 2. The fraction of sp³-hybridized carbons (Fsp3) is 0.900. The Morgan fingerprint density at radius 3 is 2.71 bits per heavy atom. The largest absolute Gasteiger partial charge is 0.480 e. The van der Waals surface area contributed by atoms with Crippen molar-refractivity contribution in [1.29, 1.82) is 0 Å². The fourth-order valence-electron chi connectivity index (χ4n) is 2.21. The third-order valence-electron chi connectivity index (χ3n) is 2.94. The molecule has 0 spiro atoms. The molecular weight excluding hydrogens is 180 g/mol. The number of carbonyl (C=O) groups is 1. The topological polar surface area (TPSA) is 52.6 Å². The van der Waals surface area contributed by atoms with Gasteiger partial charge in [0.2, 0.25) is 0 Å². The lowest BCUT2D eigenvalue weighted by Crippen LogP contribution is -2.47. The zero-order valence-electron chi connectivity index (χ0n) is 8.99. The molecule has 0 aliphatic carbocycles. The normalized spacial score (nSPS) is 24.1. The minimum Gasteiger partial charge on any atom is -0.480 e. The maximum absolute atomic E-state index is 11.0. The standard InChI is InChI=1S/C10H20N2O2/c1-3-9(10(13)14)12(4-2)8-5-6-11-7-8/h8-9,11H,3-7H2,1-2H3,(H,13,14). The van der Waals surface area contributed by atoms with E-state index in [0.29, 0.717) is 12.5 Å². The van der Waals surface area contributed by atoms with Crippen molar-refractivity contribution in [2.45, 2.75) is 38.8 Å². The first-order valence-corrected chi connectivity index (χ1v) is 5.40. The van der Waals surface area contributed by atoms with Crippen molar-refractivity contribution in [2.75, 3.05) is 19.6 Å². The highest BCUT2D eigenvalue weighted by atomic mass is 16.4. The lowest BCUT2D eigenvalue weighted by molar-refractivity contribution is -0.144. The van der Waals surface area contributed by atoms with E-state index >= 15 is 0 Å². The molecule has 0 aromatic heterocycles. The molecule has 2 atom stereocenters. The van der Waals surface area contributed by atoms with Gasteiger partial charge in [-0.05, 0) is 25.9 Å². The van der Waals surface area contributed by atoms with Crippen LogP contribution in [0.15, 0.2) is 0 Å². The first-order valence-electron chi connectivity index (χ1n) is 5.40. The highest BCUT2D eigenvalue weighted by Gasteiger charge is 2.30. The Morgan fingerprint density at radius 2 is 2.36 bits per heavy atom. The monoisotopic (exact) mass is 200 g/mol. The quantitative estimate of drug-likeness (QED) is 0.680. The zero-order valence-corrected chi connectivity index (χ0v) is 8.99. The molecule has 4 nitrogen and oxygen atoms in total. The van der Waals surface area contributed by atoms with E-state index in [1.165, 1.54) is 0 Å². The lowest BCUT2D eigenvalue weighted by atomic mass is 10.1. The summed E-state index contributed by atoms with van der Waals surface area (Å²) < 4.78 is 0. The average molecular weight is 200 g/mol. The summed E-state index contributed by atoms with van der Waals surface area (Å²) in [5.41, 5.74) is 0. The average Bonchev–Trinajstić information content (AvgIpc) is 2.65. The van der Waals surface area contributed by atoms with E-state index in [9.17, 15) is 4.79 Å². The fourth-order valence-corrected chi connectivity index (χ4v) is 2.21. The number of likely N-dealkylation sites (N-methyl/N-ethyl adjacent to an activating group) is 1. The molecule has 82 valence electrons. The smallest absolute Gasteiger partial charge is 0.320 e. The predicted molar refractivity (Wildman–Crippen MR) is 55.4 cm³/mol. The summed E-state index contributed by atoms with van der Waals surface area (Å²) in [6.07, 6.45) is 1.75. The van der Waals surface area contributed by atoms with Crippen molar-refractivity contribution in [1.82, 2.24) is 10.2 Å². The Hall–Kier alpha value is -0.610. The summed E-state index contributed by atoms with van der Waals surface area (Å²) in [6.45, 7) is 6.72. The highest BCUT2D eigenvalue weighted by Crippen LogP contribution is 2.14. The van der Waals surface area contributed by atoms with Crippen LogP contribution < -0.4 is 5.32 Å². The third kappa shape index (κ3) is 2.45. The number of rotatable bonds is 5. The first-order chi connectivity index (χ1) is 6.70. The van der Waals surface area contributed by atoms with Gasteiger partial charge in [0.25, 0.3) is 0 Å². The zero-order chi connectivity index (χ0) is 10.6. The summed E-state index contributed by atoms with van der Waals surface area (Å²) in [6, 6.07) is 0.0888. The van der Waals surface area contributed by atoms with Gasteiger partial charge in [-0.15, -0.1) is 0 Å². The summed E-state index contributed by atoms with van der Waals surface area (Å²) in [7, 11) is 0. The lowest BCUT2D eigenvalue weighted by Gasteiger charge is -2.31. The minimum absolute atomic E-state index is 0.315. The maximum Gasteiger partial charge on any atom is 0.320 e. The Labute approximate surface area is 85.3 Å². The van der Waals surface area contributed by atoms with Gasteiger partial charge in [0.15, 0.2) is 0 Å². The van der Waals surface area contributed by atoms with Gasteiger partial charge in [0, 0.05) is 12.6 Å². The minimum atomic E-state index is -0.693. The number of aliphatic carboxylic acids is 1. The van der Waals surface area contributed by atoms with Crippen LogP contribution in [0.25, 0.3) is 0 Å². The maximum atomic E-state index is 11.0. The Balaban J connectivity index is 2.62. The summed E-state index contributed by atoms with van der Waals surface area (Å²) >= 11 is 0. The molecule has 1 fully saturated rings. The molecule has 1 aliphatic rings. The van der Waals surface area contributed by atoms with Crippen LogP contribution in [0, 0.1) is 0 Å². The van der Waals surface area contributed by atoms with Crippen molar-refractivity contribution in [3.8, 4) is 0 Å². The Kier molecular flexibility index (Phi) is 4.35. The number of carboxylic acid groups (broad SMARTS) is 1. The van der Waals surface area contributed by atoms with Crippen LogP contribution in [0.2, 0.25) is 0 Å². The van der Waals surface area contributed by atoms with Crippen LogP contribution in [-0.4, -0.2) is 47.7 Å². The second kappa shape index (κ2) is 5.32. The SMILES string of the molecule is CCC(C(=O)O)N(CC)C1CCNC1. The second-order valence-corrected chi connectivity index (χ2v) is 3.74. The molecule has 0 radical (unpaired) electrons. The van der Waals surface area contributed by atoms with Gasteiger partial charge in [-0.2, -0.15) is 0 Å². The van der Waals surface area contributed by atoms with Crippen LogP contribution in [0.1, 0.15) is 26.7 Å². The molecule has 1 rings (SSSR count). The van der Waals surface area contributed by atoms with Crippen molar-refractivity contribution in [3.63, 3.8) is 0 Å². The number of nitrogens with zero attached hydrogens (tertiary/aromatic N) is 1. The summed E-state index contributed by atoms with van der Waals surface area (Å²) in [5.74, 6) is -0.693. The van der Waals surface area contributed by atoms with Gasteiger partial charge in [0.1, 0.15) is 6.04 Å². The molecular formula is C10H20N2O2. The van der Waals surface area contributed by atoms with Crippen molar-refractivity contribution in [3.05, 3.63) is 0 Å². The van der Waals surface area contributed by atoms with Gasteiger partial charge in [-0.3, -0.25) is 9.69 Å². The molecule has 0 aromatic carbocycles. The molecule has 14 heavy (non-hydrogen) atoms. The Morgan fingerprint density at radius 1 is 1.64 bits per heavy atom. The molecule has 1 heterocycles. The number of hydrogen-bond acceptors (Lipinski definition) is 3. The first kappa shape index (κ1) is 11.5. The molecule has 1 aliphatic heterocycles. The molecule has 1 saturated heterocycles. The van der Waals surface area contributed by atoms with Gasteiger partial charge in [0.05, 0.1) is 0 Å². The van der Waals surface area contributed by atoms with Gasteiger partial charge < -0.3 is 10.4 Å². The van der Waals surface area contributed by atoms with Crippen molar-refractivity contribution >= 4 is 5.97 Å². The molecule has 2 unspecified atom stereocenters.